The Kier molecular flexibility index (Phi) is 1.88. The Bertz CT molecular complexity index is 460. The first-order chi connectivity index (χ1) is 6.59. The fraction of sp³-hybridized carbons (Fsp3) is 0.182. The molecule has 2 N–H and O–H groups in total. The second-order valence-corrected chi connectivity index (χ2v) is 3.45. The summed E-state index contributed by atoms with van der Waals surface area (Å²) in [6, 6.07) is 4.90. The summed E-state index contributed by atoms with van der Waals surface area (Å²) in [6.07, 6.45) is 0. The molecule has 72 valence electrons. The molecule has 0 saturated carbocycles. The summed E-state index contributed by atoms with van der Waals surface area (Å²) in [6.45, 7) is 3.72. The number of nitrogens with zero attached hydrogens (tertiary/aromatic N) is 1. The van der Waals surface area contributed by atoms with E-state index >= 15 is 0 Å². The molecule has 0 aliphatic carbocycles. The van der Waals surface area contributed by atoms with Crippen LogP contribution >= 0.6 is 0 Å². The zero-order valence-corrected chi connectivity index (χ0v) is 8.13. The highest BCUT2D eigenvalue weighted by molar-refractivity contribution is 5.84. The van der Waals surface area contributed by atoms with Gasteiger partial charge in [-0.2, -0.15) is 0 Å². The van der Waals surface area contributed by atoms with Gasteiger partial charge in [0.15, 0.2) is 0 Å². The summed E-state index contributed by atoms with van der Waals surface area (Å²) in [7, 11) is 0. The van der Waals surface area contributed by atoms with Crippen LogP contribution in [0.15, 0.2) is 18.2 Å². The lowest BCUT2D eigenvalue weighted by atomic mass is 10.1. The number of hydrogen-bond acceptors (Lipinski definition) is 2. The molecule has 0 unspecified atom stereocenters. The molecule has 1 heterocycles. The number of anilines is 1. The van der Waals surface area contributed by atoms with Gasteiger partial charge in [0.05, 0.1) is 5.52 Å². The number of benzene rings is 1. The third-order valence-corrected chi connectivity index (χ3v) is 2.36. The molecule has 0 fully saturated rings. The average Bonchev–Trinajstić information content (AvgIpc) is 2.15. The number of aromatic nitrogens is 1. The van der Waals surface area contributed by atoms with Crippen LogP contribution in [0.2, 0.25) is 0 Å². The van der Waals surface area contributed by atoms with E-state index < -0.39 is 0 Å². The Balaban J connectivity index is 2.94. The second kappa shape index (κ2) is 2.94. The van der Waals surface area contributed by atoms with Gasteiger partial charge in [-0.3, -0.25) is 0 Å². The number of aryl methyl sites for hydroxylation is 2. The first-order valence-electron chi connectivity index (χ1n) is 4.41. The van der Waals surface area contributed by atoms with Crippen molar-refractivity contribution in [3.8, 4) is 0 Å². The molecule has 3 heteroatoms. The lowest BCUT2D eigenvalue weighted by Crippen LogP contribution is -1.96. The van der Waals surface area contributed by atoms with E-state index in [-0.39, 0.29) is 5.82 Å². The SMILES string of the molecule is Cc1cc2c(F)ccc(C)c2nc1N. The Morgan fingerprint density at radius 2 is 1.93 bits per heavy atom. The maximum absolute atomic E-state index is 13.4. The second-order valence-electron chi connectivity index (χ2n) is 3.45. The van der Waals surface area contributed by atoms with Gasteiger partial charge >= 0.3 is 0 Å². The third kappa shape index (κ3) is 1.21. The van der Waals surface area contributed by atoms with Crippen molar-refractivity contribution in [3.05, 3.63) is 35.1 Å². The number of nitrogen functional groups attached to an aromatic ring is 1. The van der Waals surface area contributed by atoms with Crippen molar-refractivity contribution in [2.24, 2.45) is 0 Å². The number of pyridine rings is 1. The minimum atomic E-state index is -0.249. The Morgan fingerprint density at radius 1 is 1.21 bits per heavy atom. The molecule has 0 bridgehead atoms. The van der Waals surface area contributed by atoms with E-state index in [9.17, 15) is 4.39 Å². The molecular formula is C11H11FN2. The van der Waals surface area contributed by atoms with Gasteiger partial charge in [0.1, 0.15) is 11.6 Å². The van der Waals surface area contributed by atoms with Crippen LogP contribution in [0.25, 0.3) is 10.9 Å². The van der Waals surface area contributed by atoms with Crippen molar-refractivity contribution in [1.82, 2.24) is 4.98 Å². The van der Waals surface area contributed by atoms with Gasteiger partial charge in [-0.05, 0) is 37.1 Å². The van der Waals surface area contributed by atoms with Crippen LogP contribution in [0.1, 0.15) is 11.1 Å². The molecule has 2 rings (SSSR count). The Labute approximate surface area is 81.6 Å². The highest BCUT2D eigenvalue weighted by atomic mass is 19.1. The zero-order chi connectivity index (χ0) is 10.3. The minimum absolute atomic E-state index is 0.249. The molecule has 0 aliphatic rings. The Hall–Kier alpha value is -1.64. The summed E-state index contributed by atoms with van der Waals surface area (Å²) in [5, 5.41) is 0.539. The topological polar surface area (TPSA) is 38.9 Å². The van der Waals surface area contributed by atoms with Gasteiger partial charge in [0.2, 0.25) is 0 Å². The number of nitrogens with two attached hydrogens (primary N) is 1. The normalized spacial score (nSPS) is 10.8. The summed E-state index contributed by atoms with van der Waals surface area (Å²) in [5.41, 5.74) is 8.06. The molecule has 0 aliphatic heterocycles. The van der Waals surface area contributed by atoms with Crippen LogP contribution in [0.3, 0.4) is 0 Å². The van der Waals surface area contributed by atoms with Crippen LogP contribution in [0.4, 0.5) is 10.2 Å². The van der Waals surface area contributed by atoms with Crippen LogP contribution in [-0.4, -0.2) is 4.98 Å². The van der Waals surface area contributed by atoms with Crippen molar-refractivity contribution >= 4 is 16.7 Å². The van der Waals surface area contributed by atoms with E-state index in [1.54, 1.807) is 12.1 Å². The molecule has 0 amide bonds. The van der Waals surface area contributed by atoms with Gasteiger partial charge in [0.25, 0.3) is 0 Å². The summed E-state index contributed by atoms with van der Waals surface area (Å²) >= 11 is 0. The van der Waals surface area contributed by atoms with Gasteiger partial charge in [-0.25, -0.2) is 9.37 Å². The third-order valence-electron chi connectivity index (χ3n) is 2.36. The lowest BCUT2D eigenvalue weighted by Gasteiger charge is -2.05. The quantitative estimate of drug-likeness (QED) is 0.693. The fourth-order valence-corrected chi connectivity index (χ4v) is 1.48. The van der Waals surface area contributed by atoms with Gasteiger partial charge in [-0.15, -0.1) is 0 Å². The largest absolute Gasteiger partial charge is 0.383 e. The summed E-state index contributed by atoms with van der Waals surface area (Å²) < 4.78 is 13.4. The maximum atomic E-state index is 13.4. The highest BCUT2D eigenvalue weighted by Crippen LogP contribution is 2.23. The predicted octanol–water partition coefficient (Wildman–Crippen LogP) is 2.57. The van der Waals surface area contributed by atoms with Gasteiger partial charge in [-0.1, -0.05) is 6.07 Å². The molecular weight excluding hydrogens is 179 g/mol. The van der Waals surface area contributed by atoms with Crippen LogP contribution in [-0.2, 0) is 0 Å². The van der Waals surface area contributed by atoms with Crippen molar-refractivity contribution in [2.75, 3.05) is 5.73 Å². The average molecular weight is 190 g/mol. The fourth-order valence-electron chi connectivity index (χ4n) is 1.48. The summed E-state index contributed by atoms with van der Waals surface area (Å²) in [4.78, 5) is 4.17. The van der Waals surface area contributed by atoms with E-state index in [0.717, 1.165) is 11.1 Å². The predicted molar refractivity (Wildman–Crippen MR) is 55.6 cm³/mol. The molecule has 0 saturated heterocycles. The number of hydrogen-bond donors (Lipinski definition) is 1. The first-order valence-corrected chi connectivity index (χ1v) is 4.41. The van der Waals surface area contributed by atoms with E-state index in [0.29, 0.717) is 16.7 Å². The van der Waals surface area contributed by atoms with Crippen LogP contribution < -0.4 is 5.73 Å². The number of rotatable bonds is 0. The Morgan fingerprint density at radius 3 is 2.64 bits per heavy atom. The number of fused-ring (bicyclic) bond motifs is 1. The molecule has 0 radical (unpaired) electrons. The minimum Gasteiger partial charge on any atom is -0.383 e. The smallest absolute Gasteiger partial charge is 0.132 e. The highest BCUT2D eigenvalue weighted by Gasteiger charge is 2.06. The van der Waals surface area contributed by atoms with Gasteiger partial charge in [0, 0.05) is 5.39 Å². The zero-order valence-electron chi connectivity index (χ0n) is 8.13. The molecule has 1 aromatic carbocycles. The molecule has 0 spiro atoms. The molecule has 2 aromatic rings. The van der Waals surface area contributed by atoms with Crippen molar-refractivity contribution in [3.63, 3.8) is 0 Å². The van der Waals surface area contributed by atoms with E-state index in [1.165, 1.54) is 6.07 Å². The lowest BCUT2D eigenvalue weighted by molar-refractivity contribution is 0.639. The molecule has 14 heavy (non-hydrogen) atoms. The van der Waals surface area contributed by atoms with Crippen LogP contribution in [0, 0.1) is 19.7 Å². The van der Waals surface area contributed by atoms with E-state index in [2.05, 4.69) is 4.98 Å². The first kappa shape index (κ1) is 8.94. The van der Waals surface area contributed by atoms with Crippen LogP contribution in [0.5, 0.6) is 0 Å². The molecule has 1 aromatic heterocycles. The van der Waals surface area contributed by atoms with E-state index in [4.69, 9.17) is 5.73 Å². The molecule has 2 nitrogen and oxygen atoms in total. The van der Waals surface area contributed by atoms with Gasteiger partial charge < -0.3 is 5.73 Å². The maximum Gasteiger partial charge on any atom is 0.132 e. The molecule has 0 atom stereocenters. The standard InChI is InChI=1S/C11H11FN2/c1-6-3-4-9(12)8-5-7(2)11(13)14-10(6)8/h3-5H,1-2H3,(H2,13,14). The monoisotopic (exact) mass is 190 g/mol. The number of halogens is 1. The van der Waals surface area contributed by atoms with Crippen molar-refractivity contribution < 1.29 is 4.39 Å². The van der Waals surface area contributed by atoms with Crippen molar-refractivity contribution in [1.29, 1.82) is 0 Å². The van der Waals surface area contributed by atoms with Crippen molar-refractivity contribution in [2.45, 2.75) is 13.8 Å². The van der Waals surface area contributed by atoms with E-state index in [1.807, 2.05) is 13.8 Å². The summed E-state index contributed by atoms with van der Waals surface area (Å²) in [5.74, 6) is 0.215.